The van der Waals surface area contributed by atoms with Gasteiger partial charge in [0.05, 0.1) is 0 Å². The number of nitrogens with zero attached hydrogens (tertiary/aromatic N) is 2. The summed E-state index contributed by atoms with van der Waals surface area (Å²) in [6, 6.07) is 10.4. The van der Waals surface area contributed by atoms with Gasteiger partial charge in [0.25, 0.3) is 0 Å². The molecule has 0 aliphatic heterocycles. The summed E-state index contributed by atoms with van der Waals surface area (Å²) in [4.78, 5) is 8.26. The zero-order chi connectivity index (χ0) is 14.2. The summed E-state index contributed by atoms with van der Waals surface area (Å²) >= 11 is 0. The molecule has 4 nitrogen and oxygen atoms in total. The Morgan fingerprint density at radius 3 is 2.40 bits per heavy atom. The van der Waals surface area contributed by atoms with Crippen molar-refractivity contribution in [3.05, 3.63) is 54.1 Å². The first-order valence-corrected chi connectivity index (χ1v) is 7.05. The van der Waals surface area contributed by atoms with Crippen molar-refractivity contribution in [1.29, 1.82) is 0 Å². The van der Waals surface area contributed by atoms with Gasteiger partial charge in [-0.2, -0.15) is 0 Å². The first-order chi connectivity index (χ1) is 9.83. The molecule has 4 heteroatoms. The van der Waals surface area contributed by atoms with Gasteiger partial charge in [-0.1, -0.05) is 26.0 Å². The molecule has 2 rings (SSSR count). The summed E-state index contributed by atoms with van der Waals surface area (Å²) in [5.41, 5.74) is 1.29. The minimum atomic E-state index is 0.393. The molecule has 0 fully saturated rings. The Morgan fingerprint density at radius 1 is 1.10 bits per heavy atom. The highest BCUT2D eigenvalue weighted by molar-refractivity contribution is 5.29. The van der Waals surface area contributed by atoms with Crippen LogP contribution in [0.1, 0.15) is 37.7 Å². The zero-order valence-electron chi connectivity index (χ0n) is 12.0. The maximum atomic E-state index is 5.67. The van der Waals surface area contributed by atoms with E-state index < -0.39 is 0 Å². The highest BCUT2D eigenvalue weighted by atomic mass is 16.5. The topological polar surface area (TPSA) is 47.0 Å². The fourth-order valence-electron chi connectivity index (χ4n) is 2.09. The molecule has 0 bridgehead atoms. The smallest absolute Gasteiger partial charge is 0.166 e. The maximum absolute atomic E-state index is 5.67. The fraction of sp³-hybridized carbons (Fsp3) is 0.375. The average Bonchev–Trinajstić information content (AvgIpc) is 2.52. The van der Waals surface area contributed by atoms with Gasteiger partial charge in [-0.05, 0) is 36.7 Å². The van der Waals surface area contributed by atoms with E-state index in [1.54, 1.807) is 18.5 Å². The third-order valence-electron chi connectivity index (χ3n) is 3.13. The molecule has 0 aliphatic rings. The molecule has 106 valence electrons. The molecule has 1 heterocycles. The molecule has 0 aliphatic carbocycles. The Balaban J connectivity index is 1.94. The molecule has 0 spiro atoms. The summed E-state index contributed by atoms with van der Waals surface area (Å²) in [6.07, 6.45) is 4.51. The van der Waals surface area contributed by atoms with Crippen LogP contribution >= 0.6 is 0 Å². The van der Waals surface area contributed by atoms with E-state index in [9.17, 15) is 0 Å². The molecule has 0 saturated carbocycles. The van der Waals surface area contributed by atoms with Gasteiger partial charge in [-0.25, -0.2) is 9.97 Å². The predicted molar refractivity (Wildman–Crippen MR) is 79.5 cm³/mol. The van der Waals surface area contributed by atoms with Gasteiger partial charge in [-0.15, -0.1) is 0 Å². The van der Waals surface area contributed by atoms with Gasteiger partial charge in [-0.3, -0.25) is 0 Å². The number of ether oxygens (including phenoxy) is 1. The van der Waals surface area contributed by atoms with Crippen molar-refractivity contribution >= 4 is 0 Å². The first-order valence-electron chi connectivity index (χ1n) is 7.05. The number of rotatable bonds is 7. The fourth-order valence-corrected chi connectivity index (χ4v) is 2.09. The molecule has 2 aromatic rings. The van der Waals surface area contributed by atoms with Crippen molar-refractivity contribution in [3.8, 4) is 5.75 Å². The Hall–Kier alpha value is -1.94. The molecule has 1 aromatic heterocycles. The molecule has 20 heavy (non-hydrogen) atoms. The van der Waals surface area contributed by atoms with E-state index in [1.807, 2.05) is 12.1 Å². The third-order valence-corrected chi connectivity index (χ3v) is 3.13. The van der Waals surface area contributed by atoms with Gasteiger partial charge in [0.1, 0.15) is 12.4 Å². The number of hydrogen-bond acceptors (Lipinski definition) is 4. The van der Waals surface area contributed by atoms with Crippen molar-refractivity contribution in [3.63, 3.8) is 0 Å². The lowest BCUT2D eigenvalue weighted by Crippen LogP contribution is -2.19. The molecule has 1 aromatic carbocycles. The van der Waals surface area contributed by atoms with Crippen LogP contribution in [-0.2, 0) is 6.61 Å². The van der Waals surface area contributed by atoms with Crippen molar-refractivity contribution in [1.82, 2.24) is 15.3 Å². The van der Waals surface area contributed by atoms with Crippen LogP contribution in [0.25, 0.3) is 0 Å². The van der Waals surface area contributed by atoms with Crippen LogP contribution in [0.15, 0.2) is 42.7 Å². The molecular weight excluding hydrogens is 250 g/mol. The van der Waals surface area contributed by atoms with Crippen LogP contribution in [-0.4, -0.2) is 16.5 Å². The number of benzene rings is 1. The zero-order valence-corrected chi connectivity index (χ0v) is 12.0. The maximum Gasteiger partial charge on any atom is 0.166 e. The molecule has 0 amide bonds. The van der Waals surface area contributed by atoms with Crippen LogP contribution < -0.4 is 10.1 Å². The van der Waals surface area contributed by atoms with E-state index in [2.05, 4.69) is 41.3 Å². The minimum Gasteiger partial charge on any atom is -0.486 e. The number of aromatic nitrogens is 2. The van der Waals surface area contributed by atoms with Crippen LogP contribution in [0, 0.1) is 0 Å². The van der Waals surface area contributed by atoms with Crippen molar-refractivity contribution in [2.45, 2.75) is 32.9 Å². The van der Waals surface area contributed by atoms with Crippen molar-refractivity contribution in [2.24, 2.45) is 0 Å². The van der Waals surface area contributed by atoms with E-state index in [-0.39, 0.29) is 0 Å². The molecule has 1 unspecified atom stereocenters. The standard InChI is InChI=1S/C16H21N3O/c1-3-15(17-4-2)13-6-8-14(9-7-13)20-12-16-18-10-5-11-19-16/h5-11,15,17H,3-4,12H2,1-2H3. The van der Waals surface area contributed by atoms with Crippen LogP contribution in [0.2, 0.25) is 0 Å². The van der Waals surface area contributed by atoms with Gasteiger partial charge >= 0.3 is 0 Å². The summed E-state index contributed by atoms with van der Waals surface area (Å²) in [7, 11) is 0. The largest absolute Gasteiger partial charge is 0.486 e. The Labute approximate surface area is 120 Å². The highest BCUT2D eigenvalue weighted by Gasteiger charge is 2.07. The Bertz CT molecular complexity index is 499. The van der Waals surface area contributed by atoms with E-state index in [4.69, 9.17) is 4.74 Å². The average molecular weight is 271 g/mol. The number of nitrogens with one attached hydrogen (secondary N) is 1. The van der Waals surface area contributed by atoms with Crippen LogP contribution in [0.3, 0.4) is 0 Å². The minimum absolute atomic E-state index is 0.393. The second kappa shape index (κ2) is 7.60. The second-order valence-electron chi connectivity index (χ2n) is 4.54. The molecule has 0 radical (unpaired) electrons. The van der Waals surface area contributed by atoms with E-state index in [0.29, 0.717) is 18.5 Å². The lowest BCUT2D eigenvalue weighted by Gasteiger charge is -2.16. The lowest BCUT2D eigenvalue weighted by molar-refractivity contribution is 0.295. The first kappa shape index (κ1) is 14.5. The molecule has 1 N–H and O–H groups in total. The van der Waals surface area contributed by atoms with E-state index >= 15 is 0 Å². The quantitative estimate of drug-likeness (QED) is 0.840. The van der Waals surface area contributed by atoms with Gasteiger partial charge < -0.3 is 10.1 Å². The Morgan fingerprint density at radius 2 is 1.80 bits per heavy atom. The second-order valence-corrected chi connectivity index (χ2v) is 4.54. The summed E-state index contributed by atoms with van der Waals surface area (Å²) in [5.74, 6) is 1.53. The van der Waals surface area contributed by atoms with Gasteiger partial charge in [0.2, 0.25) is 0 Å². The van der Waals surface area contributed by atoms with Crippen LogP contribution in [0.5, 0.6) is 5.75 Å². The van der Waals surface area contributed by atoms with E-state index in [1.165, 1.54) is 5.56 Å². The normalized spacial score (nSPS) is 12.1. The van der Waals surface area contributed by atoms with Crippen molar-refractivity contribution in [2.75, 3.05) is 6.54 Å². The van der Waals surface area contributed by atoms with Gasteiger partial charge in [0.15, 0.2) is 5.82 Å². The summed E-state index contributed by atoms with van der Waals surface area (Å²) < 4.78 is 5.67. The summed E-state index contributed by atoms with van der Waals surface area (Å²) in [6.45, 7) is 5.68. The van der Waals surface area contributed by atoms with E-state index in [0.717, 1.165) is 18.7 Å². The third kappa shape index (κ3) is 4.03. The lowest BCUT2D eigenvalue weighted by atomic mass is 10.0. The summed E-state index contributed by atoms with van der Waals surface area (Å²) in [5, 5.41) is 3.47. The van der Waals surface area contributed by atoms with Gasteiger partial charge in [0, 0.05) is 18.4 Å². The van der Waals surface area contributed by atoms with Crippen LogP contribution in [0.4, 0.5) is 0 Å². The number of hydrogen-bond donors (Lipinski definition) is 1. The monoisotopic (exact) mass is 271 g/mol. The molecule has 1 atom stereocenters. The molecular formula is C16H21N3O. The van der Waals surface area contributed by atoms with Crippen molar-refractivity contribution < 1.29 is 4.74 Å². The highest BCUT2D eigenvalue weighted by Crippen LogP contribution is 2.20. The Kier molecular flexibility index (Phi) is 5.50. The predicted octanol–water partition coefficient (Wildman–Crippen LogP) is 3.12. The molecule has 0 saturated heterocycles. The SMILES string of the molecule is CCNC(CC)c1ccc(OCc2ncccn2)cc1.